The lowest BCUT2D eigenvalue weighted by molar-refractivity contribution is -0.161. The highest BCUT2D eigenvalue weighted by atomic mass is 32.1. The Labute approximate surface area is 324 Å². The van der Waals surface area contributed by atoms with E-state index >= 15 is 4.79 Å². The molecule has 0 spiro atoms. The van der Waals surface area contributed by atoms with Crippen LogP contribution in [-0.4, -0.2) is 66.7 Å². The number of benzene rings is 2. The average Bonchev–Trinajstić information content (AvgIpc) is 3.65. The summed E-state index contributed by atoms with van der Waals surface area (Å²) in [6.45, 7) is 23.0. The van der Waals surface area contributed by atoms with Gasteiger partial charge in [-0.3, -0.25) is 14.5 Å². The van der Waals surface area contributed by atoms with E-state index in [4.69, 9.17) is 18.6 Å². The van der Waals surface area contributed by atoms with Crippen molar-refractivity contribution in [3.63, 3.8) is 0 Å². The number of methoxy groups -OCH3 is 1. The van der Waals surface area contributed by atoms with E-state index in [1.807, 2.05) is 47.4 Å². The monoisotopic (exact) mass is 777 g/mol. The molecule has 2 amide bonds. The highest BCUT2D eigenvalue weighted by Gasteiger charge is 2.44. The zero-order valence-electron chi connectivity index (χ0n) is 33.7. The Balaban J connectivity index is 1.57. The summed E-state index contributed by atoms with van der Waals surface area (Å²) in [4.78, 5) is 59.6. The van der Waals surface area contributed by atoms with Crippen molar-refractivity contribution in [2.45, 2.75) is 124 Å². The van der Waals surface area contributed by atoms with Crippen molar-refractivity contribution in [3.8, 4) is 11.5 Å². The Hall–Kier alpha value is -4.20. The van der Waals surface area contributed by atoms with Crippen LogP contribution in [0.4, 0.5) is 5.00 Å². The van der Waals surface area contributed by atoms with Crippen LogP contribution in [0.15, 0.2) is 42.5 Å². The number of anilines is 1. The van der Waals surface area contributed by atoms with Crippen molar-refractivity contribution >= 4 is 48.4 Å². The van der Waals surface area contributed by atoms with Gasteiger partial charge in [-0.25, -0.2) is 9.59 Å². The number of carbonyl (C=O) groups is 4. The fraction of sp³-hybridized carbons (Fsp3) is 0.512. The van der Waals surface area contributed by atoms with Gasteiger partial charge in [0.15, 0.2) is 0 Å². The summed E-state index contributed by atoms with van der Waals surface area (Å²) in [6, 6.07) is 12.9. The molecule has 0 saturated carbocycles. The first-order valence-electron chi connectivity index (χ1n) is 18.4. The van der Waals surface area contributed by atoms with Crippen LogP contribution in [0.25, 0.3) is 0 Å². The van der Waals surface area contributed by atoms with Crippen molar-refractivity contribution in [2.24, 2.45) is 0 Å². The molecule has 2 aliphatic heterocycles. The Bertz CT molecular complexity index is 1920. The predicted molar refractivity (Wildman–Crippen MR) is 212 cm³/mol. The summed E-state index contributed by atoms with van der Waals surface area (Å²) in [5, 5.41) is 2.79. The smallest absolute Gasteiger partial charge is 0.397 e. The summed E-state index contributed by atoms with van der Waals surface area (Å²) in [6.07, 6.45) is 0.410. The average molecular weight is 778 g/mol. The van der Waals surface area contributed by atoms with E-state index < -0.39 is 43.4 Å². The van der Waals surface area contributed by atoms with Gasteiger partial charge >= 0.3 is 17.8 Å². The summed E-state index contributed by atoms with van der Waals surface area (Å²) in [5.74, 6) is -1.34. The Morgan fingerprint density at radius 1 is 0.870 bits per heavy atom. The number of esters is 2. The quantitative estimate of drug-likeness (QED) is 0.138. The first kappa shape index (κ1) is 41.0. The topological polar surface area (TPSA) is 124 Å². The number of carbonyl (C=O) groups excluding carboxylic acids is 4. The molecule has 0 bridgehead atoms. The van der Waals surface area contributed by atoms with Crippen LogP contribution in [0.1, 0.15) is 106 Å². The molecule has 1 unspecified atom stereocenters. The standard InChI is InChI=1S/C41H55N3O8SSi/c1-39(2,3)50-37(47)31-28-20-21-43(22-25-16-18-27(49-10)19-17-25)32(33(28)53-35(31)42-34(45)38(48)51-40(4,5)6)36(46)44-23-26-14-13-15-30(29(26)24-44)52-54(11,12)41(7,8)9/h13-19,32H,20-24H2,1-12H3,(H,42,45). The molecule has 1 atom stereocenters. The minimum absolute atomic E-state index is 0.00802. The summed E-state index contributed by atoms with van der Waals surface area (Å²) < 4.78 is 23.3. The van der Waals surface area contributed by atoms with Crippen LogP contribution in [0, 0.1) is 0 Å². The zero-order valence-corrected chi connectivity index (χ0v) is 35.5. The molecule has 0 saturated heterocycles. The lowest BCUT2D eigenvalue weighted by Crippen LogP contribution is -2.44. The van der Waals surface area contributed by atoms with E-state index in [9.17, 15) is 14.4 Å². The molecule has 0 radical (unpaired) electrons. The lowest BCUT2D eigenvalue weighted by Gasteiger charge is -2.37. The van der Waals surface area contributed by atoms with Gasteiger partial charge in [0.1, 0.15) is 33.7 Å². The molecular weight excluding hydrogens is 723 g/mol. The minimum atomic E-state index is -2.18. The second-order valence-electron chi connectivity index (χ2n) is 17.5. The van der Waals surface area contributed by atoms with E-state index in [2.05, 4.69) is 44.1 Å². The molecule has 0 fully saturated rings. The van der Waals surface area contributed by atoms with Gasteiger partial charge in [-0.05, 0) is 101 Å². The Morgan fingerprint density at radius 3 is 2.11 bits per heavy atom. The lowest BCUT2D eigenvalue weighted by atomic mass is 9.95. The molecule has 3 heterocycles. The number of amides is 2. The molecule has 54 heavy (non-hydrogen) atoms. The maximum Gasteiger partial charge on any atom is 0.397 e. The van der Waals surface area contributed by atoms with Gasteiger partial charge in [-0.2, -0.15) is 0 Å². The van der Waals surface area contributed by atoms with E-state index in [0.717, 1.165) is 39.5 Å². The normalized spacial score (nSPS) is 16.3. The second kappa shape index (κ2) is 15.1. The van der Waals surface area contributed by atoms with E-state index in [1.165, 1.54) is 0 Å². The van der Waals surface area contributed by atoms with Crippen molar-refractivity contribution in [1.82, 2.24) is 9.80 Å². The number of fused-ring (bicyclic) bond motifs is 2. The number of ether oxygens (including phenoxy) is 3. The number of nitrogens with zero attached hydrogens (tertiary/aromatic N) is 2. The second-order valence-corrected chi connectivity index (χ2v) is 23.3. The maximum absolute atomic E-state index is 15.1. The van der Waals surface area contributed by atoms with E-state index in [1.54, 1.807) is 48.7 Å². The molecule has 13 heteroatoms. The molecule has 2 aliphatic rings. The highest BCUT2D eigenvalue weighted by Crippen LogP contribution is 2.46. The number of hydrogen-bond donors (Lipinski definition) is 1. The van der Waals surface area contributed by atoms with Gasteiger partial charge < -0.3 is 28.9 Å². The minimum Gasteiger partial charge on any atom is -0.543 e. The van der Waals surface area contributed by atoms with Crippen molar-refractivity contribution in [1.29, 1.82) is 0 Å². The van der Waals surface area contributed by atoms with E-state index in [0.29, 0.717) is 43.0 Å². The molecular formula is C41H55N3O8SSi. The highest BCUT2D eigenvalue weighted by molar-refractivity contribution is 7.17. The summed E-state index contributed by atoms with van der Waals surface area (Å²) >= 11 is 1.12. The van der Waals surface area contributed by atoms with E-state index in [-0.39, 0.29) is 21.5 Å². The molecule has 292 valence electrons. The molecule has 1 N–H and O–H groups in total. The van der Waals surface area contributed by atoms with Crippen LogP contribution in [0.5, 0.6) is 11.5 Å². The zero-order chi connectivity index (χ0) is 40.0. The number of hydrogen-bond acceptors (Lipinski definition) is 10. The Morgan fingerprint density at radius 2 is 1.52 bits per heavy atom. The summed E-state index contributed by atoms with van der Waals surface area (Å²) in [5.41, 5.74) is 2.04. The SMILES string of the molecule is COc1ccc(CN2CCc3c(sc(NC(=O)C(=O)OC(C)(C)C)c3C(=O)OC(C)(C)C)C2C(=O)N2Cc3cccc(O[Si](C)(C)C(C)(C)C)c3C2)cc1. The van der Waals surface area contributed by atoms with Gasteiger partial charge in [-0.15, -0.1) is 11.3 Å². The third-order valence-corrected chi connectivity index (χ3v) is 15.5. The number of nitrogens with one attached hydrogen (secondary N) is 1. The summed E-state index contributed by atoms with van der Waals surface area (Å²) in [7, 11) is -0.560. The molecule has 3 aromatic rings. The molecule has 11 nitrogen and oxygen atoms in total. The Kier molecular flexibility index (Phi) is 11.5. The first-order valence-corrected chi connectivity index (χ1v) is 22.1. The molecule has 5 rings (SSSR count). The predicted octanol–water partition coefficient (Wildman–Crippen LogP) is 8.02. The van der Waals surface area contributed by atoms with Gasteiger partial charge in [-0.1, -0.05) is 45.0 Å². The number of thiophene rings is 1. The van der Waals surface area contributed by atoms with Gasteiger partial charge in [0.05, 0.1) is 19.2 Å². The van der Waals surface area contributed by atoms with Gasteiger partial charge in [0, 0.05) is 30.1 Å². The third-order valence-electron chi connectivity index (χ3n) is 9.92. The van der Waals surface area contributed by atoms with Crippen molar-refractivity contribution in [3.05, 3.63) is 75.2 Å². The van der Waals surface area contributed by atoms with Crippen LogP contribution in [-0.2, 0) is 49.9 Å². The van der Waals surface area contributed by atoms with Gasteiger partial charge in [0.2, 0.25) is 14.2 Å². The number of rotatable bonds is 8. The largest absolute Gasteiger partial charge is 0.543 e. The van der Waals surface area contributed by atoms with Crippen LogP contribution < -0.4 is 14.5 Å². The third kappa shape index (κ3) is 9.18. The molecule has 0 aliphatic carbocycles. The van der Waals surface area contributed by atoms with Crippen molar-refractivity contribution in [2.75, 3.05) is 19.0 Å². The molecule has 2 aromatic carbocycles. The molecule has 1 aromatic heterocycles. The van der Waals surface area contributed by atoms with Crippen LogP contribution in [0.2, 0.25) is 18.1 Å². The van der Waals surface area contributed by atoms with Gasteiger partial charge in [0.25, 0.3) is 0 Å². The first-order chi connectivity index (χ1) is 25.0. The fourth-order valence-electron chi connectivity index (χ4n) is 6.26. The fourth-order valence-corrected chi connectivity index (χ4v) is 8.67. The van der Waals surface area contributed by atoms with Crippen molar-refractivity contribution < 1.29 is 37.8 Å². The maximum atomic E-state index is 15.1. The van der Waals surface area contributed by atoms with Crippen LogP contribution in [0.3, 0.4) is 0 Å². The van der Waals surface area contributed by atoms with Crippen LogP contribution >= 0.6 is 11.3 Å².